The number of aromatic nitrogens is 1. The number of nitrogens with one attached hydrogen (secondary N) is 2. The Morgan fingerprint density at radius 2 is 2.04 bits per heavy atom. The van der Waals surface area contributed by atoms with E-state index in [1.54, 1.807) is 18.2 Å². The van der Waals surface area contributed by atoms with Crippen LogP contribution in [0.3, 0.4) is 0 Å². The van der Waals surface area contributed by atoms with E-state index in [1.807, 2.05) is 0 Å². The Balaban J connectivity index is 1.51. The summed E-state index contributed by atoms with van der Waals surface area (Å²) in [5.41, 5.74) is 1.05. The molecule has 1 fully saturated rings. The van der Waals surface area contributed by atoms with Crippen molar-refractivity contribution >= 4 is 11.8 Å². The molecule has 1 aromatic carbocycles. The second kappa shape index (κ2) is 9.23. The summed E-state index contributed by atoms with van der Waals surface area (Å²) >= 11 is 0. The number of hydrogen-bond donors (Lipinski definition) is 2. The maximum atomic E-state index is 13.6. The summed E-state index contributed by atoms with van der Waals surface area (Å²) in [7, 11) is 0. The van der Waals surface area contributed by atoms with Crippen LogP contribution in [0.15, 0.2) is 42.6 Å². The third-order valence-electron chi connectivity index (χ3n) is 4.41. The Hall–Kier alpha value is -2.80. The first-order valence-corrected chi connectivity index (χ1v) is 9.01. The summed E-state index contributed by atoms with van der Waals surface area (Å²) in [6, 6.07) is 9.44. The minimum absolute atomic E-state index is 0.0406. The molecule has 0 bridgehead atoms. The zero-order chi connectivity index (χ0) is 19.1. The summed E-state index contributed by atoms with van der Waals surface area (Å²) in [5.74, 6) is -0.964. The number of rotatable bonds is 7. The summed E-state index contributed by atoms with van der Waals surface area (Å²) in [5, 5.41) is 5.51. The lowest BCUT2D eigenvalue weighted by atomic mass is 10.1. The first kappa shape index (κ1) is 19.0. The van der Waals surface area contributed by atoms with Crippen LogP contribution in [0.25, 0.3) is 0 Å². The lowest BCUT2D eigenvalue weighted by molar-refractivity contribution is 0.0853. The van der Waals surface area contributed by atoms with E-state index in [4.69, 9.17) is 4.74 Å². The third kappa shape index (κ3) is 5.34. The molecule has 2 heterocycles. The normalized spacial score (nSPS) is 16.1. The molecule has 1 aliphatic rings. The largest absolute Gasteiger partial charge is 0.376 e. The molecule has 6 nitrogen and oxygen atoms in total. The van der Waals surface area contributed by atoms with Crippen molar-refractivity contribution in [3.05, 3.63) is 65.2 Å². The number of carbonyl (C=O) groups excluding carboxylic acids is 2. The number of nitrogens with zero attached hydrogens (tertiary/aromatic N) is 1. The number of pyridine rings is 1. The highest BCUT2D eigenvalue weighted by atomic mass is 19.1. The van der Waals surface area contributed by atoms with Crippen molar-refractivity contribution in [3.8, 4) is 0 Å². The summed E-state index contributed by atoms with van der Waals surface area (Å²) in [6.45, 7) is 1.45. The molecule has 0 radical (unpaired) electrons. The van der Waals surface area contributed by atoms with Crippen molar-refractivity contribution in [2.75, 3.05) is 19.7 Å². The lowest BCUT2D eigenvalue weighted by Crippen LogP contribution is -2.32. The topological polar surface area (TPSA) is 80.3 Å². The molecule has 27 heavy (non-hydrogen) atoms. The molecule has 1 unspecified atom stereocenters. The van der Waals surface area contributed by atoms with Gasteiger partial charge in [0.05, 0.1) is 6.10 Å². The van der Waals surface area contributed by atoms with Gasteiger partial charge in [-0.2, -0.15) is 0 Å². The number of halogens is 1. The van der Waals surface area contributed by atoms with E-state index in [0.29, 0.717) is 30.6 Å². The average Bonchev–Trinajstić information content (AvgIpc) is 3.21. The van der Waals surface area contributed by atoms with Gasteiger partial charge in [-0.15, -0.1) is 0 Å². The molecule has 2 amide bonds. The van der Waals surface area contributed by atoms with Crippen LogP contribution in [0, 0.1) is 5.82 Å². The zero-order valence-electron chi connectivity index (χ0n) is 14.9. The SMILES string of the molecule is O=C(NCCc1ccccc1F)c1ccnc(C(=O)NCC2CCCO2)c1. The molecule has 0 spiro atoms. The molecule has 0 aliphatic carbocycles. The van der Waals surface area contributed by atoms with Crippen LogP contribution in [0.5, 0.6) is 0 Å². The van der Waals surface area contributed by atoms with Gasteiger partial charge in [0.15, 0.2) is 0 Å². The zero-order valence-corrected chi connectivity index (χ0v) is 14.9. The fourth-order valence-electron chi connectivity index (χ4n) is 2.91. The van der Waals surface area contributed by atoms with Crippen molar-refractivity contribution < 1.29 is 18.7 Å². The number of amides is 2. The fourth-order valence-corrected chi connectivity index (χ4v) is 2.91. The fraction of sp³-hybridized carbons (Fsp3) is 0.350. The second-order valence-electron chi connectivity index (χ2n) is 6.37. The maximum Gasteiger partial charge on any atom is 0.269 e. The van der Waals surface area contributed by atoms with Gasteiger partial charge in [0.25, 0.3) is 11.8 Å². The molecule has 142 valence electrons. The number of hydrogen-bond acceptors (Lipinski definition) is 4. The number of carbonyl (C=O) groups is 2. The Labute approximate surface area is 157 Å². The van der Waals surface area contributed by atoms with E-state index in [0.717, 1.165) is 19.4 Å². The molecule has 1 aliphatic heterocycles. The molecular formula is C20H22FN3O3. The van der Waals surface area contributed by atoms with Gasteiger partial charge in [0, 0.05) is 31.5 Å². The predicted molar refractivity (Wildman–Crippen MR) is 98.0 cm³/mol. The highest BCUT2D eigenvalue weighted by Crippen LogP contribution is 2.11. The first-order chi connectivity index (χ1) is 13.1. The Morgan fingerprint density at radius 3 is 2.81 bits per heavy atom. The number of ether oxygens (including phenoxy) is 1. The third-order valence-corrected chi connectivity index (χ3v) is 4.41. The minimum Gasteiger partial charge on any atom is -0.376 e. The van der Waals surface area contributed by atoms with Crippen LogP contribution in [0.4, 0.5) is 4.39 Å². The van der Waals surface area contributed by atoms with Gasteiger partial charge in [-0.05, 0) is 43.0 Å². The summed E-state index contributed by atoms with van der Waals surface area (Å²) in [4.78, 5) is 28.5. The van der Waals surface area contributed by atoms with Gasteiger partial charge in [-0.3, -0.25) is 14.6 Å². The molecular weight excluding hydrogens is 349 g/mol. The van der Waals surface area contributed by atoms with Crippen LogP contribution in [0.1, 0.15) is 39.3 Å². The average molecular weight is 371 g/mol. The van der Waals surface area contributed by atoms with E-state index in [9.17, 15) is 14.0 Å². The van der Waals surface area contributed by atoms with E-state index < -0.39 is 0 Å². The predicted octanol–water partition coefficient (Wildman–Crippen LogP) is 2.10. The smallest absolute Gasteiger partial charge is 0.269 e. The molecule has 3 rings (SSSR count). The van der Waals surface area contributed by atoms with Crippen LogP contribution >= 0.6 is 0 Å². The van der Waals surface area contributed by atoms with Crippen molar-refractivity contribution in [2.45, 2.75) is 25.4 Å². The van der Waals surface area contributed by atoms with E-state index in [1.165, 1.54) is 24.4 Å². The second-order valence-corrected chi connectivity index (χ2v) is 6.37. The molecule has 1 aromatic heterocycles. The van der Waals surface area contributed by atoms with Gasteiger partial charge < -0.3 is 15.4 Å². The molecule has 1 atom stereocenters. The standard InChI is InChI=1S/C20H22FN3O3/c21-17-6-2-1-4-14(17)7-10-23-19(25)15-8-9-22-18(12-15)20(26)24-13-16-5-3-11-27-16/h1-2,4,6,8-9,12,16H,3,5,7,10-11,13H2,(H,23,25)(H,24,26). The van der Waals surface area contributed by atoms with E-state index in [-0.39, 0.29) is 29.4 Å². The van der Waals surface area contributed by atoms with Gasteiger partial charge in [0.2, 0.25) is 0 Å². The van der Waals surface area contributed by atoms with E-state index in [2.05, 4.69) is 15.6 Å². The van der Waals surface area contributed by atoms with Crippen LogP contribution < -0.4 is 10.6 Å². The van der Waals surface area contributed by atoms with Crippen molar-refractivity contribution in [2.24, 2.45) is 0 Å². The Bertz CT molecular complexity index is 807. The van der Waals surface area contributed by atoms with Crippen LogP contribution in [-0.4, -0.2) is 42.6 Å². The maximum absolute atomic E-state index is 13.6. The molecule has 1 saturated heterocycles. The summed E-state index contributed by atoms with van der Waals surface area (Å²) < 4.78 is 19.1. The minimum atomic E-state index is -0.341. The number of benzene rings is 1. The van der Waals surface area contributed by atoms with Crippen molar-refractivity contribution in [1.29, 1.82) is 0 Å². The van der Waals surface area contributed by atoms with Gasteiger partial charge in [-0.25, -0.2) is 4.39 Å². The lowest BCUT2D eigenvalue weighted by Gasteiger charge is -2.11. The Morgan fingerprint density at radius 1 is 1.19 bits per heavy atom. The highest BCUT2D eigenvalue weighted by molar-refractivity contribution is 5.98. The van der Waals surface area contributed by atoms with Gasteiger partial charge >= 0.3 is 0 Å². The molecule has 7 heteroatoms. The van der Waals surface area contributed by atoms with Crippen LogP contribution in [-0.2, 0) is 11.2 Å². The van der Waals surface area contributed by atoms with Crippen molar-refractivity contribution in [3.63, 3.8) is 0 Å². The highest BCUT2D eigenvalue weighted by Gasteiger charge is 2.18. The van der Waals surface area contributed by atoms with Gasteiger partial charge in [0.1, 0.15) is 11.5 Å². The monoisotopic (exact) mass is 371 g/mol. The molecule has 2 N–H and O–H groups in total. The quantitative estimate of drug-likeness (QED) is 0.781. The van der Waals surface area contributed by atoms with Crippen LogP contribution in [0.2, 0.25) is 0 Å². The molecule has 2 aromatic rings. The van der Waals surface area contributed by atoms with Crippen molar-refractivity contribution in [1.82, 2.24) is 15.6 Å². The van der Waals surface area contributed by atoms with Gasteiger partial charge in [-0.1, -0.05) is 18.2 Å². The molecule has 0 saturated carbocycles. The first-order valence-electron chi connectivity index (χ1n) is 9.01. The Kier molecular flexibility index (Phi) is 6.49. The summed E-state index contributed by atoms with van der Waals surface area (Å²) in [6.07, 6.45) is 3.78. The van der Waals surface area contributed by atoms with E-state index >= 15 is 0 Å².